The Labute approximate surface area is 170 Å². The summed E-state index contributed by atoms with van der Waals surface area (Å²) in [6.45, 7) is 6.69. The zero-order valence-electron chi connectivity index (χ0n) is 18.8. The lowest BCUT2D eigenvalue weighted by Crippen LogP contribution is -2.27. The van der Waals surface area contributed by atoms with Crippen LogP contribution in [0.2, 0.25) is 0 Å². The van der Waals surface area contributed by atoms with Crippen molar-refractivity contribution in [2.75, 3.05) is 13.1 Å². The van der Waals surface area contributed by atoms with Crippen LogP contribution in [0.3, 0.4) is 0 Å². The molecular formula is C25H49NO. The maximum Gasteiger partial charge on any atom is 0.222 e. The normalized spacial score (nSPS) is 14.4. The average Bonchev–Trinajstić information content (AvgIpc) is 3.18. The molecule has 0 radical (unpaired) electrons. The standard InChI is InChI=1S/C25H49NO/c1-24(2)20-16-14-12-10-8-6-4-3-5-7-9-11-13-15-17-21-25(27)26-22-18-19-23-26/h24H,3-23H2,1-2H3. The van der Waals surface area contributed by atoms with Crippen molar-refractivity contribution in [2.45, 2.75) is 136 Å². The maximum absolute atomic E-state index is 11.9. The van der Waals surface area contributed by atoms with E-state index in [-0.39, 0.29) is 0 Å². The van der Waals surface area contributed by atoms with Crippen molar-refractivity contribution in [3.05, 3.63) is 0 Å². The van der Waals surface area contributed by atoms with Crippen LogP contribution in [0.5, 0.6) is 0 Å². The number of carbonyl (C=O) groups excluding carboxylic acids is 1. The molecule has 0 aliphatic carbocycles. The highest BCUT2D eigenvalue weighted by molar-refractivity contribution is 5.76. The molecule has 0 N–H and O–H groups in total. The third-order valence-corrected chi connectivity index (χ3v) is 6.13. The van der Waals surface area contributed by atoms with Gasteiger partial charge in [-0.25, -0.2) is 0 Å². The van der Waals surface area contributed by atoms with Crippen LogP contribution >= 0.6 is 0 Å². The minimum Gasteiger partial charge on any atom is -0.343 e. The minimum absolute atomic E-state index is 0.406. The van der Waals surface area contributed by atoms with Crippen LogP contribution in [0, 0.1) is 5.92 Å². The van der Waals surface area contributed by atoms with Crippen LogP contribution in [0.25, 0.3) is 0 Å². The minimum atomic E-state index is 0.406. The number of rotatable bonds is 18. The van der Waals surface area contributed by atoms with Gasteiger partial charge >= 0.3 is 0 Å². The van der Waals surface area contributed by atoms with Gasteiger partial charge in [0.1, 0.15) is 0 Å². The van der Waals surface area contributed by atoms with Crippen LogP contribution in [0.4, 0.5) is 0 Å². The molecule has 1 heterocycles. The molecule has 2 heteroatoms. The van der Waals surface area contributed by atoms with Crippen LogP contribution in [-0.2, 0) is 4.79 Å². The molecule has 0 aromatic rings. The maximum atomic E-state index is 11.9. The lowest BCUT2D eigenvalue weighted by atomic mass is 10.0. The average molecular weight is 380 g/mol. The second-order valence-corrected chi connectivity index (χ2v) is 9.32. The summed E-state index contributed by atoms with van der Waals surface area (Å²) in [5.74, 6) is 1.29. The number of hydrogen-bond donors (Lipinski definition) is 0. The zero-order valence-corrected chi connectivity index (χ0v) is 18.8. The highest BCUT2D eigenvalue weighted by Crippen LogP contribution is 2.16. The molecule has 0 bridgehead atoms. The molecule has 1 aliphatic heterocycles. The molecule has 1 aliphatic rings. The highest BCUT2D eigenvalue weighted by atomic mass is 16.2. The summed E-state index contributed by atoms with van der Waals surface area (Å²) in [5.41, 5.74) is 0. The zero-order chi connectivity index (χ0) is 19.6. The first kappa shape index (κ1) is 24.5. The molecule has 0 unspecified atom stereocenters. The molecular weight excluding hydrogens is 330 g/mol. The first-order chi connectivity index (χ1) is 13.2. The van der Waals surface area contributed by atoms with Gasteiger partial charge in [-0.3, -0.25) is 4.79 Å². The number of carbonyl (C=O) groups is 1. The summed E-state index contributed by atoms with van der Waals surface area (Å²) in [4.78, 5) is 14.0. The van der Waals surface area contributed by atoms with Crippen molar-refractivity contribution >= 4 is 5.91 Å². The molecule has 0 aromatic heterocycles. The number of hydrogen-bond acceptors (Lipinski definition) is 1. The number of amides is 1. The van der Waals surface area contributed by atoms with E-state index in [2.05, 4.69) is 18.7 Å². The summed E-state index contributed by atoms with van der Waals surface area (Å²) in [5, 5.41) is 0. The molecule has 1 amide bonds. The van der Waals surface area contributed by atoms with Gasteiger partial charge in [0.15, 0.2) is 0 Å². The smallest absolute Gasteiger partial charge is 0.222 e. The van der Waals surface area contributed by atoms with E-state index in [0.717, 1.165) is 31.8 Å². The van der Waals surface area contributed by atoms with Gasteiger partial charge in [0.2, 0.25) is 5.91 Å². The number of unbranched alkanes of at least 4 members (excludes halogenated alkanes) is 14. The van der Waals surface area contributed by atoms with E-state index in [1.807, 2.05) is 0 Å². The molecule has 2 nitrogen and oxygen atoms in total. The summed E-state index contributed by atoms with van der Waals surface area (Å²) in [7, 11) is 0. The Morgan fingerprint density at radius 1 is 0.630 bits per heavy atom. The van der Waals surface area contributed by atoms with Gasteiger partial charge < -0.3 is 4.90 Å². The van der Waals surface area contributed by atoms with Crippen LogP contribution < -0.4 is 0 Å². The fourth-order valence-electron chi connectivity index (χ4n) is 4.25. The van der Waals surface area contributed by atoms with E-state index in [9.17, 15) is 4.79 Å². The highest BCUT2D eigenvalue weighted by Gasteiger charge is 2.16. The van der Waals surface area contributed by atoms with Crippen LogP contribution in [0.15, 0.2) is 0 Å². The van der Waals surface area contributed by atoms with Crippen molar-refractivity contribution in [3.63, 3.8) is 0 Å². The van der Waals surface area contributed by atoms with Crippen LogP contribution in [-0.4, -0.2) is 23.9 Å². The van der Waals surface area contributed by atoms with Gasteiger partial charge in [-0.1, -0.05) is 110 Å². The van der Waals surface area contributed by atoms with Gasteiger partial charge in [0, 0.05) is 19.5 Å². The fourth-order valence-corrected chi connectivity index (χ4v) is 4.25. The second kappa shape index (κ2) is 17.6. The molecule has 27 heavy (non-hydrogen) atoms. The number of likely N-dealkylation sites (tertiary alicyclic amines) is 1. The predicted octanol–water partition coefficient (Wildman–Crippen LogP) is 7.90. The van der Waals surface area contributed by atoms with E-state index in [0.29, 0.717) is 5.91 Å². The molecule has 0 saturated carbocycles. The van der Waals surface area contributed by atoms with E-state index in [1.54, 1.807) is 0 Å². The Morgan fingerprint density at radius 2 is 1.00 bits per heavy atom. The van der Waals surface area contributed by atoms with Gasteiger partial charge in [-0.2, -0.15) is 0 Å². The van der Waals surface area contributed by atoms with E-state index in [4.69, 9.17) is 0 Å². The van der Waals surface area contributed by atoms with Gasteiger partial charge in [0.05, 0.1) is 0 Å². The first-order valence-electron chi connectivity index (χ1n) is 12.5. The SMILES string of the molecule is CC(C)CCCCCCCCCCCCCCCCCC(=O)N1CCCC1. The topological polar surface area (TPSA) is 20.3 Å². The van der Waals surface area contributed by atoms with Gasteiger partial charge in [-0.15, -0.1) is 0 Å². The molecule has 1 saturated heterocycles. The van der Waals surface area contributed by atoms with Crippen molar-refractivity contribution in [3.8, 4) is 0 Å². The molecule has 0 aromatic carbocycles. The lowest BCUT2D eigenvalue weighted by Gasteiger charge is -2.14. The number of nitrogens with zero attached hydrogens (tertiary/aromatic N) is 1. The molecule has 0 spiro atoms. The summed E-state index contributed by atoms with van der Waals surface area (Å²) in [6, 6.07) is 0. The third kappa shape index (κ3) is 15.1. The summed E-state index contributed by atoms with van der Waals surface area (Å²) >= 11 is 0. The van der Waals surface area contributed by atoms with Crippen molar-refractivity contribution < 1.29 is 4.79 Å². The third-order valence-electron chi connectivity index (χ3n) is 6.13. The van der Waals surface area contributed by atoms with Crippen molar-refractivity contribution in [2.24, 2.45) is 5.92 Å². The quantitative estimate of drug-likeness (QED) is 0.222. The Balaban J connectivity index is 1.69. The monoisotopic (exact) mass is 379 g/mol. The van der Waals surface area contributed by atoms with Gasteiger partial charge in [0.25, 0.3) is 0 Å². The van der Waals surface area contributed by atoms with Crippen molar-refractivity contribution in [1.29, 1.82) is 0 Å². The molecule has 1 rings (SSSR count). The Hall–Kier alpha value is -0.530. The largest absolute Gasteiger partial charge is 0.343 e. The Morgan fingerprint density at radius 3 is 1.41 bits per heavy atom. The predicted molar refractivity (Wildman–Crippen MR) is 119 cm³/mol. The second-order valence-electron chi connectivity index (χ2n) is 9.32. The Kier molecular flexibility index (Phi) is 15.9. The van der Waals surface area contributed by atoms with Crippen molar-refractivity contribution in [1.82, 2.24) is 4.90 Å². The van der Waals surface area contributed by atoms with E-state index >= 15 is 0 Å². The molecule has 1 fully saturated rings. The molecule has 0 atom stereocenters. The fraction of sp³-hybridized carbons (Fsp3) is 0.960. The summed E-state index contributed by atoms with van der Waals surface area (Å²) < 4.78 is 0. The Bertz CT molecular complexity index is 333. The first-order valence-corrected chi connectivity index (χ1v) is 12.5. The summed E-state index contributed by atoms with van der Waals surface area (Å²) in [6.07, 6.45) is 25.5. The molecule has 160 valence electrons. The van der Waals surface area contributed by atoms with E-state index < -0.39 is 0 Å². The lowest BCUT2D eigenvalue weighted by molar-refractivity contribution is -0.130. The van der Waals surface area contributed by atoms with E-state index in [1.165, 1.54) is 109 Å². The van der Waals surface area contributed by atoms with Gasteiger partial charge in [-0.05, 0) is 25.2 Å². The van der Waals surface area contributed by atoms with Crippen LogP contribution in [0.1, 0.15) is 136 Å².